The number of halogens is 2. The summed E-state index contributed by atoms with van der Waals surface area (Å²) in [6, 6.07) is 4.18. The molecule has 1 aliphatic rings. The van der Waals surface area contributed by atoms with Crippen molar-refractivity contribution < 1.29 is 19.1 Å². The molecule has 0 aromatic heterocycles. The van der Waals surface area contributed by atoms with Crippen molar-refractivity contribution >= 4 is 58.7 Å². The third-order valence-electron chi connectivity index (χ3n) is 3.35. The smallest absolute Gasteiger partial charge is 0.414 e. The van der Waals surface area contributed by atoms with Gasteiger partial charge in [0.2, 0.25) is 11.9 Å². The lowest BCUT2D eigenvalue weighted by Crippen LogP contribution is -2.37. The number of aliphatic imine (C=N–C) groups is 2. The van der Waals surface area contributed by atoms with Crippen LogP contribution in [0.15, 0.2) is 28.2 Å². The number of nitrogens with one attached hydrogen (secondary N) is 2. The zero-order valence-electron chi connectivity index (χ0n) is 16.3. The molecule has 0 radical (unpaired) electrons. The van der Waals surface area contributed by atoms with Crippen molar-refractivity contribution in [3.05, 3.63) is 28.2 Å². The number of anilines is 1. The Bertz CT molecular complexity index is 883. The first kappa shape index (κ1) is 22.6. The summed E-state index contributed by atoms with van der Waals surface area (Å²) >= 11 is 11.9. The summed E-state index contributed by atoms with van der Waals surface area (Å²) in [6.45, 7) is 7.55. The highest BCUT2D eigenvalue weighted by molar-refractivity contribution is 6.54. The highest BCUT2D eigenvalue weighted by Gasteiger charge is 2.37. The maximum Gasteiger partial charge on any atom is 0.414 e. The first-order valence-corrected chi connectivity index (χ1v) is 9.54. The molecule has 0 saturated carbocycles. The van der Waals surface area contributed by atoms with Crippen LogP contribution in [-0.4, -0.2) is 42.5 Å². The lowest BCUT2D eigenvalue weighted by atomic mass is 10.2. The summed E-state index contributed by atoms with van der Waals surface area (Å²) in [5.41, 5.74) is 0.271. The van der Waals surface area contributed by atoms with Crippen molar-refractivity contribution in [2.75, 3.05) is 11.5 Å². The number of hydrogen-bond acceptors (Lipinski definition) is 5. The molecule has 11 heteroatoms. The number of nitrogens with zero attached hydrogens (tertiary/aromatic N) is 3. The molecule has 1 aliphatic heterocycles. The molecule has 1 saturated heterocycles. The minimum absolute atomic E-state index is 0.121. The van der Waals surface area contributed by atoms with E-state index in [1.54, 1.807) is 13.8 Å². The van der Waals surface area contributed by atoms with Crippen LogP contribution >= 0.6 is 23.2 Å². The van der Waals surface area contributed by atoms with Gasteiger partial charge in [0.25, 0.3) is 0 Å². The van der Waals surface area contributed by atoms with Gasteiger partial charge < -0.3 is 4.74 Å². The van der Waals surface area contributed by atoms with Crippen molar-refractivity contribution in [3.63, 3.8) is 0 Å². The fourth-order valence-electron chi connectivity index (χ4n) is 2.15. The summed E-state index contributed by atoms with van der Waals surface area (Å²) in [4.78, 5) is 45.6. The first-order chi connectivity index (χ1) is 13.6. The fourth-order valence-corrected chi connectivity index (χ4v) is 2.45. The molecule has 3 amide bonds. The van der Waals surface area contributed by atoms with Crippen molar-refractivity contribution in [1.82, 2.24) is 10.6 Å². The Kier molecular flexibility index (Phi) is 7.58. The largest absolute Gasteiger partial charge is 0.449 e. The zero-order valence-corrected chi connectivity index (χ0v) is 17.8. The van der Waals surface area contributed by atoms with Crippen LogP contribution in [0.1, 0.15) is 27.7 Å². The highest BCUT2D eigenvalue weighted by Crippen LogP contribution is 2.28. The maximum absolute atomic E-state index is 12.3. The number of carbonyl (C=O) groups excluding carboxylic acids is 3. The van der Waals surface area contributed by atoms with E-state index in [4.69, 9.17) is 27.9 Å². The second kappa shape index (κ2) is 9.71. The van der Waals surface area contributed by atoms with Crippen LogP contribution < -0.4 is 15.5 Å². The van der Waals surface area contributed by atoms with E-state index in [0.29, 0.717) is 0 Å². The molecular formula is C18H21Cl2N5O4. The molecule has 9 nitrogen and oxygen atoms in total. The molecule has 2 N–H and O–H groups in total. The third-order valence-corrected chi connectivity index (χ3v) is 4.09. The highest BCUT2D eigenvalue weighted by atomic mass is 35.5. The predicted octanol–water partition coefficient (Wildman–Crippen LogP) is 2.96. The molecule has 1 fully saturated rings. The number of carbonyl (C=O) groups is 3. The SMILES string of the molecule is CC(C)COC(=O)NC(=NC(C)C)/N=C1\NC(=O)C(=O)N1c1ccc(Cl)c(Cl)c1. The number of ether oxygens (including phenoxy) is 1. The second-order valence-corrected chi connectivity index (χ2v) is 7.61. The molecule has 0 atom stereocenters. The van der Waals surface area contributed by atoms with Crippen LogP contribution in [0.3, 0.4) is 0 Å². The van der Waals surface area contributed by atoms with Crippen LogP contribution in [0, 0.1) is 5.92 Å². The number of benzene rings is 1. The van der Waals surface area contributed by atoms with Gasteiger partial charge in [-0.15, -0.1) is 0 Å². The number of guanidine groups is 2. The van der Waals surface area contributed by atoms with E-state index in [1.807, 2.05) is 13.8 Å². The summed E-state index contributed by atoms with van der Waals surface area (Å²) in [5.74, 6) is -1.87. The average molecular weight is 442 g/mol. The number of amides is 3. The van der Waals surface area contributed by atoms with Crippen molar-refractivity contribution in [3.8, 4) is 0 Å². The van der Waals surface area contributed by atoms with Gasteiger partial charge in [-0.3, -0.25) is 20.2 Å². The first-order valence-electron chi connectivity index (χ1n) is 8.79. The van der Waals surface area contributed by atoms with Gasteiger partial charge in [-0.2, -0.15) is 4.99 Å². The van der Waals surface area contributed by atoms with E-state index in [2.05, 4.69) is 20.6 Å². The monoisotopic (exact) mass is 441 g/mol. The summed E-state index contributed by atoms with van der Waals surface area (Å²) in [5, 5.41) is 5.25. The van der Waals surface area contributed by atoms with Gasteiger partial charge in [-0.05, 0) is 38.0 Å². The second-order valence-electron chi connectivity index (χ2n) is 6.79. The number of rotatable bonds is 4. The Morgan fingerprint density at radius 3 is 2.48 bits per heavy atom. The number of alkyl carbamates (subject to hydrolysis) is 1. The van der Waals surface area contributed by atoms with Crippen LogP contribution in [-0.2, 0) is 14.3 Å². The Morgan fingerprint density at radius 1 is 1.21 bits per heavy atom. The van der Waals surface area contributed by atoms with Crippen LogP contribution in [0.2, 0.25) is 10.0 Å². The van der Waals surface area contributed by atoms with Crippen molar-refractivity contribution in [1.29, 1.82) is 0 Å². The summed E-state index contributed by atoms with van der Waals surface area (Å²) in [6.07, 6.45) is -0.751. The summed E-state index contributed by atoms with van der Waals surface area (Å²) in [7, 11) is 0. The number of hydrogen-bond donors (Lipinski definition) is 2. The maximum atomic E-state index is 12.3. The average Bonchev–Trinajstić information content (AvgIpc) is 2.89. The quantitative estimate of drug-likeness (QED) is 0.424. The Labute approximate surface area is 178 Å². The normalized spacial score (nSPS) is 16.1. The molecule has 1 aromatic rings. The van der Waals surface area contributed by atoms with Gasteiger partial charge in [-0.1, -0.05) is 37.0 Å². The van der Waals surface area contributed by atoms with Gasteiger partial charge in [-0.25, -0.2) is 14.7 Å². The van der Waals surface area contributed by atoms with E-state index in [1.165, 1.54) is 18.2 Å². The minimum Gasteiger partial charge on any atom is -0.449 e. The van der Waals surface area contributed by atoms with E-state index in [0.717, 1.165) is 4.90 Å². The minimum atomic E-state index is -0.888. The van der Waals surface area contributed by atoms with E-state index in [-0.39, 0.29) is 46.2 Å². The molecule has 29 heavy (non-hydrogen) atoms. The van der Waals surface area contributed by atoms with Crippen LogP contribution in [0.25, 0.3) is 0 Å². The molecule has 1 aromatic carbocycles. The van der Waals surface area contributed by atoms with Gasteiger partial charge in [0.05, 0.1) is 22.3 Å². The van der Waals surface area contributed by atoms with Crippen LogP contribution in [0.4, 0.5) is 10.5 Å². The predicted molar refractivity (Wildman–Crippen MR) is 111 cm³/mol. The third kappa shape index (κ3) is 6.16. The topological polar surface area (TPSA) is 112 Å². The molecule has 156 valence electrons. The van der Waals surface area contributed by atoms with Crippen molar-refractivity contribution in [2.24, 2.45) is 15.9 Å². The standard InChI is InChI=1S/C18H21Cl2N5O4/c1-9(2)8-29-18(28)24-16(21-10(3)4)23-17-22-14(26)15(27)25(17)11-5-6-12(19)13(20)7-11/h5-7,9-10H,8H2,1-4H3,(H2,21,22,23,24,26,28). The van der Waals surface area contributed by atoms with E-state index < -0.39 is 17.9 Å². The molecular weight excluding hydrogens is 421 g/mol. The summed E-state index contributed by atoms with van der Waals surface area (Å²) < 4.78 is 5.06. The Hall–Kier alpha value is -2.65. The lowest BCUT2D eigenvalue weighted by molar-refractivity contribution is -0.134. The van der Waals surface area contributed by atoms with E-state index in [9.17, 15) is 14.4 Å². The van der Waals surface area contributed by atoms with Gasteiger partial charge in [0.1, 0.15) is 0 Å². The zero-order chi connectivity index (χ0) is 21.7. The Balaban J connectivity index is 2.36. The fraction of sp³-hybridized carbons (Fsp3) is 0.389. The molecule has 0 aliphatic carbocycles. The molecule has 0 unspecified atom stereocenters. The molecule has 1 heterocycles. The van der Waals surface area contributed by atoms with E-state index >= 15 is 0 Å². The lowest BCUT2D eigenvalue weighted by Gasteiger charge is -2.16. The van der Waals surface area contributed by atoms with Crippen LogP contribution in [0.5, 0.6) is 0 Å². The van der Waals surface area contributed by atoms with Gasteiger partial charge in [0, 0.05) is 6.04 Å². The van der Waals surface area contributed by atoms with Gasteiger partial charge >= 0.3 is 17.9 Å². The molecule has 0 bridgehead atoms. The van der Waals surface area contributed by atoms with Crippen molar-refractivity contribution in [2.45, 2.75) is 33.7 Å². The Morgan fingerprint density at radius 2 is 1.90 bits per heavy atom. The van der Waals surface area contributed by atoms with Gasteiger partial charge in [0.15, 0.2) is 0 Å². The molecule has 0 spiro atoms. The molecule has 2 rings (SSSR count).